The van der Waals surface area contributed by atoms with Crippen LogP contribution in [0.5, 0.6) is 0 Å². The third kappa shape index (κ3) is 5.79. The minimum absolute atomic E-state index is 0.0485. The van der Waals surface area contributed by atoms with Crippen LogP contribution < -0.4 is 10.9 Å². The fraction of sp³-hybridized carbons (Fsp3) is 0.400. The Morgan fingerprint density at radius 1 is 1.19 bits per heavy atom. The van der Waals surface area contributed by atoms with Gasteiger partial charge < -0.3 is 10.2 Å². The van der Waals surface area contributed by atoms with Crippen LogP contribution in [-0.2, 0) is 6.54 Å². The lowest BCUT2D eigenvalue weighted by molar-refractivity contribution is 0.0935. The summed E-state index contributed by atoms with van der Waals surface area (Å²) >= 11 is 0. The van der Waals surface area contributed by atoms with Gasteiger partial charge in [-0.25, -0.2) is 9.37 Å². The van der Waals surface area contributed by atoms with Crippen molar-refractivity contribution in [3.63, 3.8) is 0 Å². The van der Waals surface area contributed by atoms with Crippen LogP contribution in [0.2, 0.25) is 0 Å². The largest absolute Gasteiger partial charge is 0.349 e. The molecule has 0 bridgehead atoms. The Hall–Kier alpha value is -3.06. The zero-order valence-electron chi connectivity index (χ0n) is 19.0. The maximum Gasteiger partial charge on any atom is 0.265 e. The van der Waals surface area contributed by atoms with Gasteiger partial charge in [0.05, 0.1) is 6.54 Å². The first kappa shape index (κ1) is 23.6. The summed E-state index contributed by atoms with van der Waals surface area (Å²) in [5.74, 6) is -0.726. The highest BCUT2D eigenvalue weighted by Gasteiger charge is 2.18. The van der Waals surface area contributed by atoms with Crippen molar-refractivity contribution in [2.24, 2.45) is 0 Å². The van der Waals surface area contributed by atoms with Gasteiger partial charge in [-0.2, -0.15) is 0 Å². The molecule has 3 rings (SSSR count). The van der Waals surface area contributed by atoms with Crippen LogP contribution in [0.3, 0.4) is 0 Å². The molecule has 0 aliphatic rings. The molecule has 3 aromatic rings. The lowest BCUT2D eigenvalue weighted by atomic mass is 10.1. The fourth-order valence-corrected chi connectivity index (χ4v) is 3.82. The number of benzene rings is 1. The topological polar surface area (TPSA) is 67.2 Å². The zero-order chi connectivity index (χ0) is 23.1. The molecule has 0 saturated carbocycles. The highest BCUT2D eigenvalue weighted by molar-refractivity contribution is 5.97. The first-order chi connectivity index (χ1) is 15.4. The Labute approximate surface area is 188 Å². The number of nitrogens with zero attached hydrogens (tertiary/aromatic N) is 3. The minimum Gasteiger partial charge on any atom is -0.349 e. The van der Waals surface area contributed by atoms with Crippen molar-refractivity contribution < 1.29 is 9.18 Å². The molecule has 1 N–H and O–H groups in total. The normalized spacial score (nSPS) is 12.3. The molecule has 2 aromatic heterocycles. The Morgan fingerprint density at radius 2 is 1.91 bits per heavy atom. The van der Waals surface area contributed by atoms with Gasteiger partial charge in [-0.15, -0.1) is 0 Å². The van der Waals surface area contributed by atoms with E-state index in [0.29, 0.717) is 11.0 Å². The second-order valence-corrected chi connectivity index (χ2v) is 8.04. The first-order valence-electron chi connectivity index (χ1n) is 11.2. The molecular weight excluding hydrogens is 407 g/mol. The molecule has 0 aliphatic carbocycles. The van der Waals surface area contributed by atoms with Gasteiger partial charge in [-0.05, 0) is 75.3 Å². The zero-order valence-corrected chi connectivity index (χ0v) is 19.0. The highest BCUT2D eigenvalue weighted by atomic mass is 19.1. The number of fused-ring (bicyclic) bond motifs is 1. The van der Waals surface area contributed by atoms with Crippen LogP contribution in [0.1, 0.15) is 49.5 Å². The van der Waals surface area contributed by atoms with Crippen molar-refractivity contribution in [1.82, 2.24) is 19.8 Å². The van der Waals surface area contributed by atoms with Gasteiger partial charge in [-0.3, -0.25) is 14.2 Å². The molecule has 0 radical (unpaired) electrons. The van der Waals surface area contributed by atoms with E-state index in [-0.39, 0.29) is 29.9 Å². The standard InChI is InChI=1S/C25H31FN4O2/c1-4-29(5-2)15-7-8-18(3)28-24(31)22-16-20-9-6-14-27-23(20)30(25(22)32)17-19-10-12-21(26)13-11-19/h6,9-14,16,18H,4-5,7-8,15,17H2,1-3H3,(H,28,31)/t18-/m1/s1. The second kappa shape index (κ2) is 11.0. The van der Waals surface area contributed by atoms with E-state index in [1.54, 1.807) is 30.5 Å². The van der Waals surface area contributed by atoms with E-state index in [4.69, 9.17) is 0 Å². The van der Waals surface area contributed by atoms with E-state index in [0.717, 1.165) is 38.0 Å². The van der Waals surface area contributed by atoms with Crippen molar-refractivity contribution in [2.75, 3.05) is 19.6 Å². The van der Waals surface area contributed by atoms with Gasteiger partial charge in [0.15, 0.2) is 0 Å². The predicted octanol–water partition coefficient (Wildman–Crippen LogP) is 3.82. The smallest absolute Gasteiger partial charge is 0.265 e. The lowest BCUT2D eigenvalue weighted by Gasteiger charge is -2.20. The molecule has 1 amide bonds. The Balaban J connectivity index is 1.82. The molecule has 2 heterocycles. The highest BCUT2D eigenvalue weighted by Crippen LogP contribution is 2.14. The minimum atomic E-state index is -0.409. The molecule has 1 atom stereocenters. The Morgan fingerprint density at radius 3 is 2.59 bits per heavy atom. The maximum absolute atomic E-state index is 13.3. The molecule has 7 heteroatoms. The summed E-state index contributed by atoms with van der Waals surface area (Å²) in [5, 5.41) is 3.67. The van der Waals surface area contributed by atoms with Crippen molar-refractivity contribution in [3.05, 3.63) is 76.0 Å². The van der Waals surface area contributed by atoms with Gasteiger partial charge in [-0.1, -0.05) is 26.0 Å². The van der Waals surface area contributed by atoms with E-state index in [1.165, 1.54) is 16.7 Å². The summed E-state index contributed by atoms with van der Waals surface area (Å²) in [7, 11) is 0. The van der Waals surface area contributed by atoms with Crippen LogP contribution in [-0.4, -0.2) is 46.0 Å². The van der Waals surface area contributed by atoms with Gasteiger partial charge in [0, 0.05) is 17.6 Å². The SMILES string of the molecule is CCN(CC)CCC[C@@H](C)NC(=O)c1cc2cccnc2n(Cc2ccc(F)cc2)c1=O. The number of halogens is 1. The number of nitrogens with one attached hydrogen (secondary N) is 1. The summed E-state index contributed by atoms with van der Waals surface area (Å²) in [6.07, 6.45) is 3.42. The number of carbonyl (C=O) groups is 1. The van der Waals surface area contributed by atoms with Gasteiger partial charge >= 0.3 is 0 Å². The molecule has 0 fully saturated rings. The van der Waals surface area contributed by atoms with Crippen LogP contribution >= 0.6 is 0 Å². The number of rotatable bonds is 10. The molecule has 0 spiro atoms. The molecule has 0 unspecified atom stereocenters. The molecule has 0 saturated heterocycles. The number of pyridine rings is 2. The van der Waals surface area contributed by atoms with Crippen molar-refractivity contribution in [3.8, 4) is 0 Å². The third-order valence-corrected chi connectivity index (χ3v) is 5.73. The molecule has 6 nitrogen and oxygen atoms in total. The molecular formula is C25H31FN4O2. The van der Waals surface area contributed by atoms with Crippen LogP contribution in [0.4, 0.5) is 4.39 Å². The number of hydrogen-bond acceptors (Lipinski definition) is 4. The first-order valence-corrected chi connectivity index (χ1v) is 11.2. The van der Waals surface area contributed by atoms with Gasteiger partial charge in [0.1, 0.15) is 17.0 Å². The van der Waals surface area contributed by atoms with Crippen molar-refractivity contribution >= 4 is 16.9 Å². The summed E-state index contributed by atoms with van der Waals surface area (Å²) in [4.78, 5) is 32.9. The average Bonchev–Trinajstić information content (AvgIpc) is 2.79. The molecule has 0 aliphatic heterocycles. The number of aromatic nitrogens is 2. The maximum atomic E-state index is 13.3. The quantitative estimate of drug-likeness (QED) is 0.523. The van der Waals surface area contributed by atoms with E-state index < -0.39 is 5.56 Å². The molecule has 32 heavy (non-hydrogen) atoms. The summed E-state index contributed by atoms with van der Waals surface area (Å²) < 4.78 is 14.8. The Bertz CT molecular complexity index is 1110. The van der Waals surface area contributed by atoms with E-state index in [9.17, 15) is 14.0 Å². The average molecular weight is 439 g/mol. The van der Waals surface area contributed by atoms with Gasteiger partial charge in [0.2, 0.25) is 0 Å². The van der Waals surface area contributed by atoms with Gasteiger partial charge in [0.25, 0.3) is 11.5 Å². The lowest BCUT2D eigenvalue weighted by Crippen LogP contribution is -2.38. The second-order valence-electron chi connectivity index (χ2n) is 8.04. The predicted molar refractivity (Wildman–Crippen MR) is 125 cm³/mol. The fourth-order valence-electron chi connectivity index (χ4n) is 3.82. The van der Waals surface area contributed by atoms with Crippen LogP contribution in [0.15, 0.2) is 53.5 Å². The van der Waals surface area contributed by atoms with Crippen LogP contribution in [0, 0.1) is 5.82 Å². The van der Waals surface area contributed by atoms with E-state index >= 15 is 0 Å². The number of carbonyl (C=O) groups excluding carboxylic acids is 1. The van der Waals surface area contributed by atoms with E-state index in [1.807, 2.05) is 13.0 Å². The van der Waals surface area contributed by atoms with Crippen LogP contribution in [0.25, 0.3) is 11.0 Å². The number of amides is 1. The third-order valence-electron chi connectivity index (χ3n) is 5.73. The summed E-state index contributed by atoms with van der Waals surface area (Å²) in [6.45, 7) is 9.44. The number of hydrogen-bond donors (Lipinski definition) is 1. The van der Waals surface area contributed by atoms with Crippen molar-refractivity contribution in [2.45, 2.75) is 46.2 Å². The summed E-state index contributed by atoms with van der Waals surface area (Å²) in [5.41, 5.74) is 0.921. The summed E-state index contributed by atoms with van der Waals surface area (Å²) in [6, 6.07) is 11.1. The molecule has 1 aromatic carbocycles. The van der Waals surface area contributed by atoms with Crippen molar-refractivity contribution in [1.29, 1.82) is 0 Å². The van der Waals surface area contributed by atoms with E-state index in [2.05, 4.69) is 29.0 Å². The molecule has 170 valence electrons. The monoisotopic (exact) mass is 438 g/mol. The Kier molecular flexibility index (Phi) is 8.11.